The number of hydrazine groups is 1. The van der Waals surface area contributed by atoms with Gasteiger partial charge in [0.05, 0.1) is 18.3 Å². The van der Waals surface area contributed by atoms with E-state index in [2.05, 4.69) is 5.43 Å². The van der Waals surface area contributed by atoms with Crippen LogP contribution in [0.1, 0.15) is 24.2 Å². The van der Waals surface area contributed by atoms with Crippen LogP contribution in [0.5, 0.6) is 5.75 Å². The molecular formula is C13H20N2O3S. The van der Waals surface area contributed by atoms with Gasteiger partial charge in [0.25, 0.3) is 5.91 Å². The highest BCUT2D eigenvalue weighted by molar-refractivity contribution is 7.99. The van der Waals surface area contributed by atoms with Crippen LogP contribution in [-0.2, 0) is 0 Å². The fraction of sp³-hybridized carbons (Fsp3) is 0.462. The molecule has 1 aromatic carbocycles. The summed E-state index contributed by atoms with van der Waals surface area (Å²) in [6, 6.07) is 6.94. The van der Waals surface area contributed by atoms with Gasteiger partial charge in [0.2, 0.25) is 0 Å². The van der Waals surface area contributed by atoms with Crippen molar-refractivity contribution in [3.05, 3.63) is 29.8 Å². The third-order valence-corrected chi connectivity index (χ3v) is 3.99. The predicted molar refractivity (Wildman–Crippen MR) is 77.2 cm³/mol. The molecule has 0 spiro atoms. The lowest BCUT2D eigenvalue weighted by Gasteiger charge is -2.15. The number of nitrogens with one attached hydrogen (secondary N) is 1. The fourth-order valence-corrected chi connectivity index (χ4v) is 2.21. The highest BCUT2D eigenvalue weighted by Gasteiger charge is 2.11. The van der Waals surface area contributed by atoms with Crippen molar-refractivity contribution in [2.45, 2.75) is 25.2 Å². The third kappa shape index (κ3) is 5.10. The number of hydrogen-bond donors (Lipinski definition) is 3. The fourth-order valence-electron chi connectivity index (χ4n) is 1.38. The van der Waals surface area contributed by atoms with Gasteiger partial charge in [-0.2, -0.15) is 11.8 Å². The van der Waals surface area contributed by atoms with Crippen molar-refractivity contribution < 1.29 is 14.6 Å². The predicted octanol–water partition coefficient (Wildman–Crippen LogP) is 1.17. The Kier molecular flexibility index (Phi) is 6.69. The van der Waals surface area contributed by atoms with Gasteiger partial charge in [0, 0.05) is 11.0 Å². The van der Waals surface area contributed by atoms with Gasteiger partial charge in [-0.25, -0.2) is 5.84 Å². The highest BCUT2D eigenvalue weighted by Crippen LogP contribution is 2.19. The van der Waals surface area contributed by atoms with Crippen LogP contribution in [-0.4, -0.2) is 34.7 Å². The molecule has 1 aromatic rings. The molecule has 0 aliphatic rings. The number of carbonyl (C=O) groups excluding carboxylic acids is 1. The molecule has 0 aromatic heterocycles. The summed E-state index contributed by atoms with van der Waals surface area (Å²) in [6.45, 7) is 4.20. The minimum absolute atomic E-state index is 0.159. The molecule has 6 heteroatoms. The second kappa shape index (κ2) is 8.04. The average Bonchev–Trinajstić information content (AvgIpc) is 2.42. The number of nitrogens with two attached hydrogens (primary N) is 1. The van der Waals surface area contributed by atoms with E-state index in [9.17, 15) is 9.90 Å². The van der Waals surface area contributed by atoms with Crippen molar-refractivity contribution in [1.29, 1.82) is 0 Å². The number of aliphatic hydroxyl groups excluding tert-OH is 1. The Morgan fingerprint density at radius 2 is 2.16 bits per heavy atom. The minimum Gasteiger partial charge on any atom is -0.492 e. The number of aliphatic hydroxyl groups is 1. The second-order valence-electron chi connectivity index (χ2n) is 4.13. The van der Waals surface area contributed by atoms with Crippen LogP contribution >= 0.6 is 11.8 Å². The summed E-state index contributed by atoms with van der Waals surface area (Å²) >= 11 is 1.62. The topological polar surface area (TPSA) is 84.6 Å². The van der Waals surface area contributed by atoms with E-state index in [0.29, 0.717) is 17.9 Å². The maximum atomic E-state index is 11.5. The standard InChI is InChI=1S/C13H20N2O3S/c1-9(16)10(2)19-8-7-18-12-6-4-3-5-11(12)13(17)15-14/h3-6,9-10,16H,7-8,14H2,1-2H3,(H,15,17). The van der Waals surface area contributed by atoms with Crippen LogP contribution in [0.15, 0.2) is 24.3 Å². The summed E-state index contributed by atoms with van der Waals surface area (Å²) in [7, 11) is 0. The van der Waals surface area contributed by atoms with Crippen molar-refractivity contribution in [2.24, 2.45) is 5.84 Å². The van der Waals surface area contributed by atoms with Crippen molar-refractivity contribution in [3.63, 3.8) is 0 Å². The zero-order valence-electron chi connectivity index (χ0n) is 11.1. The third-order valence-electron chi connectivity index (χ3n) is 2.66. The van der Waals surface area contributed by atoms with Crippen molar-refractivity contribution in [2.75, 3.05) is 12.4 Å². The Labute approximate surface area is 117 Å². The molecule has 0 heterocycles. The van der Waals surface area contributed by atoms with Gasteiger partial charge in [0.1, 0.15) is 5.75 Å². The van der Waals surface area contributed by atoms with E-state index in [-0.39, 0.29) is 17.3 Å². The Bertz CT molecular complexity index is 413. The molecular weight excluding hydrogens is 264 g/mol. The molecule has 0 fully saturated rings. The van der Waals surface area contributed by atoms with E-state index in [4.69, 9.17) is 10.6 Å². The van der Waals surface area contributed by atoms with E-state index in [1.54, 1.807) is 43.0 Å². The number of benzene rings is 1. The van der Waals surface area contributed by atoms with Gasteiger partial charge in [-0.05, 0) is 19.1 Å². The first-order valence-corrected chi connectivity index (χ1v) is 7.13. The smallest absolute Gasteiger partial charge is 0.268 e. The Hall–Kier alpha value is -1.24. The molecule has 4 N–H and O–H groups in total. The summed E-state index contributed by atoms with van der Waals surface area (Å²) in [5.74, 6) is 5.99. The molecule has 19 heavy (non-hydrogen) atoms. The lowest BCUT2D eigenvalue weighted by Crippen LogP contribution is -2.30. The maximum absolute atomic E-state index is 11.5. The number of ether oxygens (including phenoxy) is 1. The van der Waals surface area contributed by atoms with E-state index in [1.165, 1.54) is 0 Å². The van der Waals surface area contributed by atoms with Gasteiger partial charge < -0.3 is 9.84 Å². The molecule has 0 radical (unpaired) electrons. The van der Waals surface area contributed by atoms with E-state index < -0.39 is 0 Å². The number of rotatable bonds is 7. The molecule has 1 amide bonds. The number of amides is 1. The summed E-state index contributed by atoms with van der Waals surface area (Å²) in [5.41, 5.74) is 2.50. The number of hydrogen-bond acceptors (Lipinski definition) is 5. The van der Waals surface area contributed by atoms with Gasteiger partial charge >= 0.3 is 0 Å². The summed E-state index contributed by atoms with van der Waals surface area (Å²) in [5, 5.41) is 9.52. The SMILES string of the molecule is CC(O)C(C)SCCOc1ccccc1C(=O)NN. The molecule has 0 saturated carbocycles. The largest absolute Gasteiger partial charge is 0.492 e. The lowest BCUT2D eigenvalue weighted by molar-refractivity contribution is 0.0950. The number of carbonyl (C=O) groups is 1. The first-order chi connectivity index (χ1) is 9.06. The van der Waals surface area contributed by atoms with Gasteiger partial charge in [-0.15, -0.1) is 0 Å². The average molecular weight is 284 g/mol. The quantitative estimate of drug-likeness (QED) is 0.303. The maximum Gasteiger partial charge on any atom is 0.268 e. The van der Waals surface area contributed by atoms with Crippen LogP contribution in [0.25, 0.3) is 0 Å². The number of thioether (sulfide) groups is 1. The molecule has 0 saturated heterocycles. The van der Waals surface area contributed by atoms with Crippen LogP contribution in [0.3, 0.4) is 0 Å². The van der Waals surface area contributed by atoms with Crippen molar-refractivity contribution >= 4 is 17.7 Å². The molecule has 0 aliphatic heterocycles. The number of para-hydroxylation sites is 1. The van der Waals surface area contributed by atoms with Crippen LogP contribution in [0, 0.1) is 0 Å². The monoisotopic (exact) mass is 284 g/mol. The van der Waals surface area contributed by atoms with E-state index in [1.807, 2.05) is 6.92 Å². The molecule has 1 rings (SSSR count). The normalized spacial score (nSPS) is 13.7. The number of nitrogen functional groups attached to an aromatic ring is 1. The molecule has 106 valence electrons. The first-order valence-electron chi connectivity index (χ1n) is 6.08. The van der Waals surface area contributed by atoms with E-state index in [0.717, 1.165) is 5.75 Å². The van der Waals surface area contributed by atoms with Crippen LogP contribution in [0.2, 0.25) is 0 Å². The molecule has 2 atom stereocenters. The highest BCUT2D eigenvalue weighted by atomic mass is 32.2. The zero-order chi connectivity index (χ0) is 14.3. The summed E-state index contributed by atoms with van der Waals surface area (Å²) in [6.07, 6.45) is -0.347. The van der Waals surface area contributed by atoms with Gasteiger partial charge in [-0.3, -0.25) is 10.2 Å². The van der Waals surface area contributed by atoms with Crippen molar-refractivity contribution in [3.8, 4) is 5.75 Å². The first kappa shape index (κ1) is 15.8. The van der Waals surface area contributed by atoms with Crippen molar-refractivity contribution in [1.82, 2.24) is 5.43 Å². The Balaban J connectivity index is 2.47. The zero-order valence-corrected chi connectivity index (χ0v) is 11.9. The summed E-state index contributed by atoms with van der Waals surface area (Å²) in [4.78, 5) is 11.5. The minimum atomic E-state index is -0.374. The Morgan fingerprint density at radius 1 is 1.47 bits per heavy atom. The second-order valence-corrected chi connectivity index (χ2v) is 5.62. The Morgan fingerprint density at radius 3 is 2.79 bits per heavy atom. The van der Waals surface area contributed by atoms with Crippen LogP contribution < -0.4 is 16.0 Å². The van der Waals surface area contributed by atoms with Gasteiger partial charge in [-0.1, -0.05) is 19.1 Å². The molecule has 0 bridgehead atoms. The molecule has 5 nitrogen and oxygen atoms in total. The van der Waals surface area contributed by atoms with E-state index >= 15 is 0 Å². The molecule has 2 unspecified atom stereocenters. The van der Waals surface area contributed by atoms with Crippen LogP contribution in [0.4, 0.5) is 0 Å². The lowest BCUT2D eigenvalue weighted by atomic mass is 10.2. The summed E-state index contributed by atoms with van der Waals surface area (Å²) < 4.78 is 5.57. The molecule has 0 aliphatic carbocycles. The van der Waals surface area contributed by atoms with Gasteiger partial charge in [0.15, 0.2) is 0 Å².